The topological polar surface area (TPSA) is 12.5 Å². The molecule has 1 aliphatic heterocycles. The van der Waals surface area contributed by atoms with E-state index in [0.717, 1.165) is 32.2 Å². The van der Waals surface area contributed by atoms with Gasteiger partial charge in [0.1, 0.15) is 0 Å². The molecule has 2 nitrogen and oxygen atoms in total. The average Bonchev–Trinajstić information content (AvgIpc) is 2.28. The summed E-state index contributed by atoms with van der Waals surface area (Å²) in [7, 11) is 0. The lowest BCUT2D eigenvalue weighted by Crippen LogP contribution is -2.38. The molecule has 0 aromatic carbocycles. The third kappa shape index (κ3) is 10.4. The van der Waals surface area contributed by atoms with Crippen LogP contribution in [-0.2, 0) is 4.74 Å². The SMILES string of the molecule is CC(C)CN1CCOCC1.CCCCCC. The molecule has 0 amide bonds. The van der Waals surface area contributed by atoms with Crippen LogP contribution in [0.3, 0.4) is 0 Å². The largest absolute Gasteiger partial charge is 0.379 e. The van der Waals surface area contributed by atoms with Crippen molar-refractivity contribution in [1.29, 1.82) is 0 Å². The van der Waals surface area contributed by atoms with E-state index in [-0.39, 0.29) is 0 Å². The Labute approximate surface area is 102 Å². The van der Waals surface area contributed by atoms with Gasteiger partial charge in [-0.2, -0.15) is 0 Å². The van der Waals surface area contributed by atoms with Crippen molar-refractivity contribution in [3.63, 3.8) is 0 Å². The summed E-state index contributed by atoms with van der Waals surface area (Å²) in [5.41, 5.74) is 0. The fraction of sp³-hybridized carbons (Fsp3) is 1.00. The first-order valence-corrected chi connectivity index (χ1v) is 7.00. The van der Waals surface area contributed by atoms with Gasteiger partial charge in [0.15, 0.2) is 0 Å². The molecule has 0 spiro atoms. The van der Waals surface area contributed by atoms with Gasteiger partial charge in [-0.1, -0.05) is 53.4 Å². The molecule has 0 atom stereocenters. The van der Waals surface area contributed by atoms with E-state index in [0.29, 0.717) is 0 Å². The van der Waals surface area contributed by atoms with E-state index in [4.69, 9.17) is 4.74 Å². The summed E-state index contributed by atoms with van der Waals surface area (Å²) in [5.74, 6) is 0.790. The van der Waals surface area contributed by atoms with Crippen molar-refractivity contribution in [2.45, 2.75) is 53.4 Å². The number of hydrogen-bond donors (Lipinski definition) is 0. The molecule has 1 fully saturated rings. The zero-order valence-electron chi connectivity index (χ0n) is 11.8. The molecule has 0 aliphatic carbocycles. The maximum atomic E-state index is 5.24. The first-order valence-electron chi connectivity index (χ1n) is 7.00. The Morgan fingerprint density at radius 3 is 1.88 bits per heavy atom. The van der Waals surface area contributed by atoms with Crippen LogP contribution in [-0.4, -0.2) is 37.7 Å². The Kier molecular flexibility index (Phi) is 11.3. The van der Waals surface area contributed by atoms with Crippen molar-refractivity contribution in [1.82, 2.24) is 4.90 Å². The van der Waals surface area contributed by atoms with E-state index in [1.54, 1.807) is 0 Å². The minimum Gasteiger partial charge on any atom is -0.379 e. The summed E-state index contributed by atoms with van der Waals surface area (Å²) in [6.45, 7) is 14.3. The fourth-order valence-corrected chi connectivity index (χ4v) is 1.80. The number of morpholine rings is 1. The van der Waals surface area contributed by atoms with E-state index in [2.05, 4.69) is 32.6 Å². The summed E-state index contributed by atoms with van der Waals surface area (Å²) in [5, 5.41) is 0. The molecule has 0 bridgehead atoms. The van der Waals surface area contributed by atoms with Gasteiger partial charge in [-0.05, 0) is 5.92 Å². The van der Waals surface area contributed by atoms with Crippen molar-refractivity contribution in [3.05, 3.63) is 0 Å². The molecule has 0 saturated carbocycles. The predicted octanol–water partition coefficient (Wildman–Crippen LogP) is 3.56. The van der Waals surface area contributed by atoms with Gasteiger partial charge in [0, 0.05) is 19.6 Å². The van der Waals surface area contributed by atoms with Gasteiger partial charge >= 0.3 is 0 Å². The van der Waals surface area contributed by atoms with Gasteiger partial charge < -0.3 is 4.74 Å². The molecule has 16 heavy (non-hydrogen) atoms. The summed E-state index contributed by atoms with van der Waals surface area (Å²) in [4.78, 5) is 2.47. The third-order valence-electron chi connectivity index (χ3n) is 2.68. The Bertz CT molecular complexity index is 127. The Hall–Kier alpha value is -0.0800. The maximum absolute atomic E-state index is 5.24. The Balaban J connectivity index is 0.000000325. The minimum atomic E-state index is 0.790. The van der Waals surface area contributed by atoms with Crippen LogP contribution in [0, 0.1) is 5.92 Å². The second-order valence-corrected chi connectivity index (χ2v) is 5.01. The van der Waals surface area contributed by atoms with Crippen LogP contribution in [0.5, 0.6) is 0 Å². The van der Waals surface area contributed by atoms with Crippen LogP contribution in [0.25, 0.3) is 0 Å². The van der Waals surface area contributed by atoms with Crippen molar-refractivity contribution < 1.29 is 4.74 Å². The summed E-state index contributed by atoms with van der Waals surface area (Å²) >= 11 is 0. The Morgan fingerprint density at radius 2 is 1.50 bits per heavy atom. The monoisotopic (exact) mass is 229 g/mol. The van der Waals surface area contributed by atoms with Gasteiger partial charge in [-0.3, -0.25) is 4.90 Å². The van der Waals surface area contributed by atoms with Crippen LogP contribution in [0.15, 0.2) is 0 Å². The number of rotatable bonds is 5. The van der Waals surface area contributed by atoms with E-state index in [1.165, 1.54) is 32.2 Å². The van der Waals surface area contributed by atoms with Crippen molar-refractivity contribution in [2.75, 3.05) is 32.8 Å². The predicted molar refractivity (Wildman–Crippen MR) is 71.9 cm³/mol. The first kappa shape index (κ1) is 15.9. The summed E-state index contributed by atoms with van der Waals surface area (Å²) in [6, 6.07) is 0. The van der Waals surface area contributed by atoms with Crippen molar-refractivity contribution in [3.8, 4) is 0 Å². The van der Waals surface area contributed by atoms with Gasteiger partial charge in [0.2, 0.25) is 0 Å². The molecule has 0 aromatic rings. The lowest BCUT2D eigenvalue weighted by atomic mass is 10.2. The van der Waals surface area contributed by atoms with E-state index in [9.17, 15) is 0 Å². The first-order chi connectivity index (χ1) is 7.70. The molecular formula is C14H31NO. The maximum Gasteiger partial charge on any atom is 0.0594 e. The van der Waals surface area contributed by atoms with Gasteiger partial charge in [0.25, 0.3) is 0 Å². The molecule has 2 heteroatoms. The second-order valence-electron chi connectivity index (χ2n) is 5.01. The van der Waals surface area contributed by atoms with Crippen LogP contribution in [0.1, 0.15) is 53.4 Å². The molecule has 1 saturated heterocycles. The quantitative estimate of drug-likeness (QED) is 0.668. The number of ether oxygens (including phenoxy) is 1. The van der Waals surface area contributed by atoms with Crippen molar-refractivity contribution in [2.24, 2.45) is 5.92 Å². The molecule has 0 aromatic heterocycles. The zero-order chi connectivity index (χ0) is 12.2. The fourth-order valence-electron chi connectivity index (χ4n) is 1.80. The zero-order valence-corrected chi connectivity index (χ0v) is 11.8. The summed E-state index contributed by atoms with van der Waals surface area (Å²) < 4.78 is 5.24. The van der Waals surface area contributed by atoms with Crippen molar-refractivity contribution >= 4 is 0 Å². The van der Waals surface area contributed by atoms with Crippen LogP contribution < -0.4 is 0 Å². The molecule has 0 N–H and O–H groups in total. The number of unbranched alkanes of at least 4 members (excludes halogenated alkanes) is 3. The molecule has 0 unspecified atom stereocenters. The number of nitrogens with zero attached hydrogens (tertiary/aromatic N) is 1. The smallest absolute Gasteiger partial charge is 0.0594 e. The highest BCUT2D eigenvalue weighted by Gasteiger charge is 2.10. The molecule has 0 radical (unpaired) electrons. The molecule has 1 rings (SSSR count). The highest BCUT2D eigenvalue weighted by Crippen LogP contribution is 2.01. The standard InChI is InChI=1S/C8H17NO.C6H14/c1-8(2)7-9-3-5-10-6-4-9;1-3-5-6-4-2/h8H,3-7H2,1-2H3;3-6H2,1-2H3. The lowest BCUT2D eigenvalue weighted by molar-refractivity contribution is 0.0329. The van der Waals surface area contributed by atoms with Crippen LogP contribution >= 0.6 is 0 Å². The molecule has 1 aliphatic rings. The van der Waals surface area contributed by atoms with E-state index < -0.39 is 0 Å². The van der Waals surface area contributed by atoms with Crippen LogP contribution in [0.2, 0.25) is 0 Å². The highest BCUT2D eigenvalue weighted by atomic mass is 16.5. The van der Waals surface area contributed by atoms with E-state index in [1.807, 2.05) is 0 Å². The summed E-state index contributed by atoms with van der Waals surface area (Å²) in [6.07, 6.45) is 5.54. The molecule has 1 heterocycles. The Morgan fingerprint density at radius 1 is 1.00 bits per heavy atom. The van der Waals surface area contributed by atoms with Gasteiger partial charge in [-0.15, -0.1) is 0 Å². The number of hydrogen-bond acceptors (Lipinski definition) is 2. The normalized spacial score (nSPS) is 17.1. The average molecular weight is 229 g/mol. The van der Waals surface area contributed by atoms with E-state index >= 15 is 0 Å². The highest BCUT2D eigenvalue weighted by molar-refractivity contribution is 4.62. The van der Waals surface area contributed by atoms with Crippen LogP contribution in [0.4, 0.5) is 0 Å². The van der Waals surface area contributed by atoms with Gasteiger partial charge in [-0.25, -0.2) is 0 Å². The minimum absolute atomic E-state index is 0.790. The second kappa shape index (κ2) is 11.4. The third-order valence-corrected chi connectivity index (χ3v) is 2.68. The molecular weight excluding hydrogens is 198 g/mol. The lowest BCUT2D eigenvalue weighted by Gasteiger charge is -2.27. The molecule has 98 valence electrons. The van der Waals surface area contributed by atoms with Gasteiger partial charge in [0.05, 0.1) is 13.2 Å².